The third kappa shape index (κ3) is 4.21. The van der Waals surface area contributed by atoms with Crippen molar-refractivity contribution in [3.05, 3.63) is 102 Å². The van der Waals surface area contributed by atoms with Gasteiger partial charge in [0.25, 0.3) is 5.91 Å². The van der Waals surface area contributed by atoms with Crippen LogP contribution in [-0.4, -0.2) is 25.5 Å². The monoisotopic (exact) mass is 393 g/mol. The molecule has 0 aliphatic carbocycles. The van der Waals surface area contributed by atoms with Gasteiger partial charge in [0.15, 0.2) is 5.82 Å². The van der Waals surface area contributed by atoms with E-state index in [0.29, 0.717) is 13.1 Å². The number of carbonyl (C=O) groups is 1. The normalized spacial score (nSPS) is 10.8. The lowest BCUT2D eigenvalue weighted by Crippen LogP contribution is -2.23. The van der Waals surface area contributed by atoms with E-state index in [1.165, 1.54) is 23.1 Å². The molecule has 0 saturated carbocycles. The molecule has 4 rings (SSSR count). The fourth-order valence-electron chi connectivity index (χ4n) is 2.97. The van der Waals surface area contributed by atoms with E-state index in [2.05, 4.69) is 15.5 Å². The zero-order valence-corrected chi connectivity index (χ0v) is 15.3. The first-order valence-corrected chi connectivity index (χ1v) is 8.92. The molecule has 0 fully saturated rings. The second-order valence-electron chi connectivity index (χ2n) is 6.42. The van der Waals surface area contributed by atoms with Crippen LogP contribution in [0, 0.1) is 11.6 Å². The molecule has 2 aromatic carbocycles. The number of aromatic nitrogens is 4. The minimum atomic E-state index is -0.757. The number of hydrogen-bond acceptors (Lipinski definition) is 3. The first kappa shape index (κ1) is 18.5. The van der Waals surface area contributed by atoms with Crippen molar-refractivity contribution < 1.29 is 13.6 Å². The number of benzene rings is 2. The van der Waals surface area contributed by atoms with Gasteiger partial charge in [-0.05, 0) is 29.3 Å². The molecule has 1 amide bonds. The lowest BCUT2D eigenvalue weighted by molar-refractivity contribution is 0.0951. The third-order valence-electron chi connectivity index (χ3n) is 4.45. The highest BCUT2D eigenvalue weighted by Crippen LogP contribution is 2.15. The van der Waals surface area contributed by atoms with E-state index in [4.69, 9.17) is 0 Å². The van der Waals surface area contributed by atoms with E-state index < -0.39 is 11.6 Å². The Kier molecular flexibility index (Phi) is 5.15. The van der Waals surface area contributed by atoms with E-state index in [0.717, 1.165) is 23.3 Å². The maximum atomic E-state index is 13.9. The zero-order valence-electron chi connectivity index (χ0n) is 15.3. The summed E-state index contributed by atoms with van der Waals surface area (Å²) in [5.74, 6) is -1.77. The van der Waals surface area contributed by atoms with Gasteiger partial charge in [0.2, 0.25) is 0 Å². The molecule has 0 unspecified atom stereocenters. The number of carbonyl (C=O) groups excluding carboxylic acids is 1. The van der Waals surface area contributed by atoms with Gasteiger partial charge >= 0.3 is 0 Å². The lowest BCUT2D eigenvalue weighted by atomic mass is 10.1. The smallest absolute Gasteiger partial charge is 0.254 e. The number of rotatable bonds is 6. The second-order valence-corrected chi connectivity index (χ2v) is 6.42. The molecule has 8 heteroatoms. The predicted octanol–water partition coefficient (Wildman–Crippen LogP) is 3.33. The van der Waals surface area contributed by atoms with E-state index >= 15 is 0 Å². The molecule has 29 heavy (non-hydrogen) atoms. The Morgan fingerprint density at radius 3 is 2.62 bits per heavy atom. The molecule has 0 spiro atoms. The first-order valence-electron chi connectivity index (χ1n) is 8.92. The topological polar surface area (TPSA) is 64.7 Å². The Morgan fingerprint density at radius 1 is 1.03 bits per heavy atom. The summed E-state index contributed by atoms with van der Waals surface area (Å²) in [5, 5.41) is 11.1. The number of halogens is 2. The Balaban J connectivity index is 1.45. The molecule has 0 radical (unpaired) electrons. The number of nitrogens with zero attached hydrogens (tertiary/aromatic N) is 4. The molecule has 6 nitrogen and oxygen atoms in total. The largest absolute Gasteiger partial charge is 0.348 e. The predicted molar refractivity (Wildman–Crippen MR) is 102 cm³/mol. The molecule has 0 atom stereocenters. The summed E-state index contributed by atoms with van der Waals surface area (Å²) in [7, 11) is 0. The first-order chi connectivity index (χ1) is 14.1. The molecule has 0 bridgehead atoms. The Bertz CT molecular complexity index is 1140. The highest BCUT2D eigenvalue weighted by Gasteiger charge is 2.13. The van der Waals surface area contributed by atoms with Gasteiger partial charge in [0.1, 0.15) is 11.5 Å². The van der Waals surface area contributed by atoms with Crippen molar-refractivity contribution in [3.8, 4) is 5.69 Å². The summed E-state index contributed by atoms with van der Waals surface area (Å²) in [6.45, 7) is 0.924. The molecule has 0 aliphatic rings. The van der Waals surface area contributed by atoms with Gasteiger partial charge in [0, 0.05) is 31.2 Å². The summed E-state index contributed by atoms with van der Waals surface area (Å²) in [6.07, 6.45) is 6.33. The maximum absolute atomic E-state index is 13.9. The average molecular weight is 393 g/mol. The van der Waals surface area contributed by atoms with Crippen LogP contribution in [-0.2, 0) is 13.1 Å². The Morgan fingerprint density at radius 2 is 1.86 bits per heavy atom. The number of hydrogen-bond donors (Lipinski definition) is 1. The minimum absolute atomic E-state index is 0.0648. The summed E-state index contributed by atoms with van der Waals surface area (Å²) >= 11 is 0. The van der Waals surface area contributed by atoms with Gasteiger partial charge in [0.05, 0.1) is 18.3 Å². The summed E-state index contributed by atoms with van der Waals surface area (Å²) in [5.41, 5.74) is 2.35. The van der Waals surface area contributed by atoms with Crippen molar-refractivity contribution in [2.45, 2.75) is 13.1 Å². The van der Waals surface area contributed by atoms with Crippen molar-refractivity contribution in [2.24, 2.45) is 0 Å². The minimum Gasteiger partial charge on any atom is -0.348 e. The molecule has 1 N–H and O–H groups in total. The van der Waals surface area contributed by atoms with Gasteiger partial charge in [-0.1, -0.05) is 24.3 Å². The second kappa shape index (κ2) is 8.05. The molecule has 146 valence electrons. The molecule has 2 heterocycles. The van der Waals surface area contributed by atoms with Crippen LogP contribution in [0.4, 0.5) is 8.78 Å². The molecular formula is C21H17F2N5O. The van der Waals surface area contributed by atoms with Gasteiger partial charge in [-0.15, -0.1) is 0 Å². The van der Waals surface area contributed by atoms with Crippen LogP contribution in [0.2, 0.25) is 0 Å². The van der Waals surface area contributed by atoms with E-state index in [-0.39, 0.29) is 17.2 Å². The highest BCUT2D eigenvalue weighted by atomic mass is 19.1. The molecule has 2 aromatic heterocycles. The van der Waals surface area contributed by atoms with E-state index in [9.17, 15) is 13.6 Å². The third-order valence-corrected chi connectivity index (χ3v) is 4.45. The maximum Gasteiger partial charge on any atom is 0.254 e. The van der Waals surface area contributed by atoms with Crippen LogP contribution in [0.15, 0.2) is 73.3 Å². The lowest BCUT2D eigenvalue weighted by Gasteiger charge is -2.10. The fourth-order valence-corrected chi connectivity index (χ4v) is 2.97. The van der Waals surface area contributed by atoms with Crippen molar-refractivity contribution in [3.63, 3.8) is 0 Å². The number of amides is 1. The standard InChI is InChI=1S/C21H17F2N5O/c22-18-6-7-20(19(23)10-18)28-14-17(12-26-28)21(29)24-11-15-4-1-2-5-16(15)13-27-9-3-8-25-27/h1-10,12,14H,11,13H2,(H,24,29). The summed E-state index contributed by atoms with van der Waals surface area (Å²) in [4.78, 5) is 12.5. The van der Waals surface area contributed by atoms with Crippen LogP contribution in [0.25, 0.3) is 5.69 Å². The van der Waals surface area contributed by atoms with Crippen LogP contribution in [0.3, 0.4) is 0 Å². The van der Waals surface area contributed by atoms with Crippen LogP contribution >= 0.6 is 0 Å². The van der Waals surface area contributed by atoms with E-state index in [1.807, 2.05) is 41.2 Å². The molecule has 0 aliphatic heterocycles. The SMILES string of the molecule is O=C(NCc1ccccc1Cn1cccn1)c1cnn(-c2ccc(F)cc2F)c1. The molecule has 4 aromatic rings. The quantitative estimate of drug-likeness (QED) is 0.547. The van der Waals surface area contributed by atoms with Crippen LogP contribution in [0.1, 0.15) is 21.5 Å². The van der Waals surface area contributed by atoms with Crippen molar-refractivity contribution in [2.75, 3.05) is 0 Å². The fraction of sp³-hybridized carbons (Fsp3) is 0.0952. The zero-order chi connectivity index (χ0) is 20.2. The van der Waals surface area contributed by atoms with Gasteiger partial charge in [-0.2, -0.15) is 10.2 Å². The van der Waals surface area contributed by atoms with Gasteiger partial charge in [-0.25, -0.2) is 13.5 Å². The summed E-state index contributed by atoms with van der Waals surface area (Å²) in [6, 6.07) is 12.8. The summed E-state index contributed by atoms with van der Waals surface area (Å²) < 4.78 is 30.0. The van der Waals surface area contributed by atoms with Crippen LogP contribution in [0.5, 0.6) is 0 Å². The average Bonchev–Trinajstić information content (AvgIpc) is 3.39. The number of nitrogens with one attached hydrogen (secondary N) is 1. The Labute approximate surface area is 165 Å². The molecule has 0 saturated heterocycles. The molecular weight excluding hydrogens is 376 g/mol. The van der Waals surface area contributed by atoms with Crippen molar-refractivity contribution in [1.29, 1.82) is 0 Å². The Hall–Kier alpha value is -3.81. The highest BCUT2D eigenvalue weighted by molar-refractivity contribution is 5.93. The van der Waals surface area contributed by atoms with Crippen molar-refractivity contribution in [1.82, 2.24) is 24.9 Å². The van der Waals surface area contributed by atoms with E-state index in [1.54, 1.807) is 6.20 Å². The van der Waals surface area contributed by atoms with Crippen molar-refractivity contribution >= 4 is 5.91 Å². The van der Waals surface area contributed by atoms with Gasteiger partial charge < -0.3 is 5.32 Å². The van der Waals surface area contributed by atoms with Crippen LogP contribution < -0.4 is 5.32 Å². The van der Waals surface area contributed by atoms with Gasteiger partial charge in [-0.3, -0.25) is 9.48 Å².